The van der Waals surface area contributed by atoms with E-state index in [1.165, 1.54) is 12.1 Å². The Morgan fingerprint density at radius 3 is 2.52 bits per heavy atom. The van der Waals surface area contributed by atoms with E-state index < -0.39 is 17.7 Å². The number of furan rings is 1. The lowest BCUT2D eigenvalue weighted by Crippen LogP contribution is -2.37. The molecule has 6 heteroatoms. The van der Waals surface area contributed by atoms with Crippen LogP contribution >= 0.6 is 0 Å². The first-order valence-corrected chi connectivity index (χ1v) is 8.60. The van der Waals surface area contributed by atoms with Crippen molar-refractivity contribution in [3.8, 4) is 0 Å². The summed E-state index contributed by atoms with van der Waals surface area (Å²) in [5.74, 6) is -0.959. The summed E-state index contributed by atoms with van der Waals surface area (Å²) in [4.78, 5) is 12.3. The van der Waals surface area contributed by atoms with E-state index in [1.807, 2.05) is 36.4 Å². The fraction of sp³-hybridized carbons (Fsp3) is 0.190. The number of hydrogen-bond acceptors (Lipinski definition) is 3. The fourth-order valence-electron chi connectivity index (χ4n) is 2.90. The Kier molecular flexibility index (Phi) is 5.98. The minimum Gasteiger partial charge on any atom is -0.467 e. The van der Waals surface area contributed by atoms with Gasteiger partial charge in [-0.15, -0.1) is 0 Å². The zero-order valence-corrected chi connectivity index (χ0v) is 14.8. The van der Waals surface area contributed by atoms with Crippen molar-refractivity contribution in [3.05, 3.63) is 95.4 Å². The Balaban J connectivity index is 1.64. The van der Waals surface area contributed by atoms with Crippen molar-refractivity contribution in [1.82, 2.24) is 10.6 Å². The lowest BCUT2D eigenvalue weighted by atomic mass is 10.0. The summed E-state index contributed by atoms with van der Waals surface area (Å²) in [5.41, 5.74) is 1.19. The van der Waals surface area contributed by atoms with Crippen molar-refractivity contribution in [1.29, 1.82) is 0 Å². The molecule has 0 aliphatic carbocycles. The lowest BCUT2D eigenvalue weighted by Gasteiger charge is -2.19. The number of halogens is 2. The highest BCUT2D eigenvalue weighted by Gasteiger charge is 2.19. The summed E-state index contributed by atoms with van der Waals surface area (Å²) >= 11 is 0. The molecule has 0 saturated heterocycles. The Morgan fingerprint density at radius 1 is 1.07 bits per heavy atom. The average Bonchev–Trinajstić information content (AvgIpc) is 3.17. The number of hydrogen-bond donors (Lipinski definition) is 2. The quantitative estimate of drug-likeness (QED) is 0.658. The largest absolute Gasteiger partial charge is 0.467 e. The molecule has 1 heterocycles. The van der Waals surface area contributed by atoms with Gasteiger partial charge in [0.1, 0.15) is 17.4 Å². The summed E-state index contributed by atoms with van der Waals surface area (Å²) in [6, 6.07) is 15.7. The molecule has 3 aromatic rings. The van der Waals surface area contributed by atoms with Gasteiger partial charge >= 0.3 is 0 Å². The molecule has 2 aromatic carbocycles. The van der Waals surface area contributed by atoms with Crippen molar-refractivity contribution in [2.24, 2.45) is 0 Å². The lowest BCUT2D eigenvalue weighted by molar-refractivity contribution is -0.121. The molecule has 0 aliphatic heterocycles. The monoisotopic (exact) mass is 370 g/mol. The second kappa shape index (κ2) is 8.60. The summed E-state index contributed by atoms with van der Waals surface area (Å²) in [7, 11) is 0. The van der Waals surface area contributed by atoms with Gasteiger partial charge in [-0.25, -0.2) is 8.78 Å². The first kappa shape index (κ1) is 18.8. The maximum atomic E-state index is 13.9. The Hall–Kier alpha value is -2.99. The maximum Gasteiger partial charge on any atom is 0.234 e. The van der Waals surface area contributed by atoms with Crippen LogP contribution in [-0.2, 0) is 4.79 Å². The van der Waals surface area contributed by atoms with E-state index in [2.05, 4.69) is 10.6 Å². The van der Waals surface area contributed by atoms with Gasteiger partial charge in [0.25, 0.3) is 0 Å². The van der Waals surface area contributed by atoms with Crippen LogP contribution < -0.4 is 10.6 Å². The van der Waals surface area contributed by atoms with Crippen LogP contribution in [0.2, 0.25) is 0 Å². The van der Waals surface area contributed by atoms with Crippen molar-refractivity contribution < 1.29 is 18.0 Å². The maximum absolute atomic E-state index is 13.9. The molecule has 0 spiro atoms. The van der Waals surface area contributed by atoms with E-state index in [0.717, 1.165) is 11.6 Å². The van der Waals surface area contributed by atoms with E-state index in [9.17, 15) is 13.6 Å². The first-order chi connectivity index (χ1) is 13.0. The van der Waals surface area contributed by atoms with Gasteiger partial charge in [-0.3, -0.25) is 10.1 Å². The van der Waals surface area contributed by atoms with Crippen LogP contribution in [0.4, 0.5) is 8.78 Å². The summed E-state index contributed by atoms with van der Waals surface area (Å²) in [5, 5.41) is 5.87. The van der Waals surface area contributed by atoms with Gasteiger partial charge in [0, 0.05) is 11.6 Å². The van der Waals surface area contributed by atoms with E-state index >= 15 is 0 Å². The van der Waals surface area contributed by atoms with E-state index in [-0.39, 0.29) is 24.1 Å². The molecule has 0 radical (unpaired) electrons. The number of rotatable bonds is 7. The van der Waals surface area contributed by atoms with Gasteiger partial charge in [-0.05, 0) is 30.7 Å². The number of benzene rings is 2. The topological polar surface area (TPSA) is 54.3 Å². The summed E-state index contributed by atoms with van der Waals surface area (Å²) in [6.45, 7) is 1.66. The molecule has 27 heavy (non-hydrogen) atoms. The van der Waals surface area contributed by atoms with Gasteiger partial charge in [-0.2, -0.15) is 0 Å². The van der Waals surface area contributed by atoms with Crippen LogP contribution in [0.1, 0.15) is 35.9 Å². The molecule has 140 valence electrons. The zero-order chi connectivity index (χ0) is 19.2. The molecule has 0 saturated carbocycles. The molecule has 1 amide bonds. The first-order valence-electron chi connectivity index (χ1n) is 8.60. The van der Waals surface area contributed by atoms with E-state index in [0.29, 0.717) is 5.76 Å². The molecule has 3 rings (SSSR count). The zero-order valence-electron chi connectivity index (χ0n) is 14.8. The molecule has 2 atom stereocenters. The third-order valence-electron chi connectivity index (χ3n) is 4.23. The average molecular weight is 370 g/mol. The molecule has 2 N–H and O–H groups in total. The van der Waals surface area contributed by atoms with Crippen molar-refractivity contribution >= 4 is 5.91 Å². The van der Waals surface area contributed by atoms with Crippen molar-refractivity contribution in [2.45, 2.75) is 19.0 Å². The smallest absolute Gasteiger partial charge is 0.234 e. The van der Waals surface area contributed by atoms with E-state index in [1.54, 1.807) is 19.3 Å². The number of carbonyl (C=O) groups excluding carboxylic acids is 1. The minimum atomic E-state index is -0.687. The highest BCUT2D eigenvalue weighted by atomic mass is 19.1. The summed E-state index contributed by atoms with van der Waals surface area (Å²) < 4.78 is 32.4. The number of nitrogens with one attached hydrogen (secondary N) is 2. The molecule has 4 nitrogen and oxygen atoms in total. The van der Waals surface area contributed by atoms with Crippen molar-refractivity contribution in [2.75, 3.05) is 6.54 Å². The third-order valence-corrected chi connectivity index (χ3v) is 4.23. The second-order valence-electron chi connectivity index (χ2n) is 6.20. The standard InChI is InChI=1S/C21H20F2N2O2/c1-14(17-10-9-16(22)12-18(17)23)25-20(26)13-24-21(19-8-5-11-27-19)15-6-3-2-4-7-15/h2-12,14,21,24H,13H2,1H3,(H,25,26)/t14-,21+/m1/s1. The van der Waals surface area contributed by atoms with Gasteiger partial charge in [0.15, 0.2) is 0 Å². The van der Waals surface area contributed by atoms with Crippen LogP contribution in [0, 0.1) is 11.6 Å². The predicted octanol–water partition coefficient (Wildman–Crippen LogP) is 4.11. The molecular formula is C21H20F2N2O2. The number of amides is 1. The van der Waals surface area contributed by atoms with Crippen LogP contribution in [-0.4, -0.2) is 12.5 Å². The van der Waals surface area contributed by atoms with E-state index in [4.69, 9.17) is 4.42 Å². The van der Waals surface area contributed by atoms with Crippen LogP contribution in [0.25, 0.3) is 0 Å². The molecule has 0 unspecified atom stereocenters. The van der Waals surface area contributed by atoms with Gasteiger partial charge < -0.3 is 9.73 Å². The molecular weight excluding hydrogens is 350 g/mol. The molecule has 1 aromatic heterocycles. The highest BCUT2D eigenvalue weighted by molar-refractivity contribution is 5.78. The molecule has 0 aliphatic rings. The van der Waals surface area contributed by atoms with Crippen LogP contribution in [0.3, 0.4) is 0 Å². The summed E-state index contributed by atoms with van der Waals surface area (Å²) in [6.07, 6.45) is 1.58. The van der Waals surface area contributed by atoms with Gasteiger partial charge in [0.2, 0.25) is 5.91 Å². The predicted molar refractivity (Wildman–Crippen MR) is 97.9 cm³/mol. The minimum absolute atomic E-state index is 0.00736. The highest BCUT2D eigenvalue weighted by Crippen LogP contribution is 2.22. The van der Waals surface area contributed by atoms with Gasteiger partial charge in [-0.1, -0.05) is 36.4 Å². The van der Waals surface area contributed by atoms with Crippen LogP contribution in [0.5, 0.6) is 0 Å². The third kappa shape index (κ3) is 4.80. The van der Waals surface area contributed by atoms with Crippen LogP contribution in [0.15, 0.2) is 71.3 Å². The Labute approximate surface area is 156 Å². The van der Waals surface area contributed by atoms with Gasteiger partial charge in [0.05, 0.1) is 24.9 Å². The molecule has 0 fully saturated rings. The Morgan fingerprint density at radius 2 is 1.85 bits per heavy atom. The Bertz CT molecular complexity index is 882. The fourth-order valence-corrected chi connectivity index (χ4v) is 2.90. The molecule has 0 bridgehead atoms. The SMILES string of the molecule is C[C@@H](NC(=O)CN[C@@H](c1ccccc1)c1ccco1)c1ccc(F)cc1F. The normalized spacial score (nSPS) is 13.1. The number of carbonyl (C=O) groups is 1. The van der Waals surface area contributed by atoms with Crippen molar-refractivity contribution in [3.63, 3.8) is 0 Å². The second-order valence-corrected chi connectivity index (χ2v) is 6.20.